The summed E-state index contributed by atoms with van der Waals surface area (Å²) in [5, 5.41) is 32.8. The monoisotopic (exact) mass is 1380 g/mol. The number of aliphatic imine (C=N–C) groups is 2. The Bertz CT molecular complexity index is 3320. The molecule has 0 aliphatic heterocycles. The van der Waals surface area contributed by atoms with Gasteiger partial charge in [-0.3, -0.25) is 77.1 Å². The number of amides is 14. The molecule has 0 spiro atoms. The smallest absolute Gasteiger partial charge is 0.244 e. The Labute approximate surface area is 561 Å². The molecule has 33 N–H and O–H groups in total. The van der Waals surface area contributed by atoms with Gasteiger partial charge in [0.25, 0.3) is 0 Å². The fraction of sp³-hybridized carbons (Fsp3) is 0.483. The van der Waals surface area contributed by atoms with Gasteiger partial charge in [0.2, 0.25) is 82.7 Å². The molecule has 0 saturated heterocycles. The highest BCUT2D eigenvalue weighted by atomic mass is 32.1. The van der Waals surface area contributed by atoms with Gasteiger partial charge in [-0.25, -0.2) is 0 Å². The fourth-order valence-electron chi connectivity index (χ4n) is 9.46. The first-order chi connectivity index (χ1) is 45.8. The van der Waals surface area contributed by atoms with Crippen molar-refractivity contribution in [2.24, 2.45) is 73.1 Å². The van der Waals surface area contributed by atoms with Crippen LogP contribution < -0.4 is 111 Å². The number of H-pyrrole nitrogens is 1. The number of thiol groups is 1. The van der Waals surface area contributed by atoms with Gasteiger partial charge in [0.05, 0.1) is 25.3 Å². The minimum atomic E-state index is -1.88. The Kier molecular flexibility index (Phi) is 34.1. The molecule has 10 atom stereocenters. The SMILES string of the molecule is NCCCC[C@H](NC(=O)[C@H](CS)NC(=O)[C@H](CCCN=C(N)N)NC(=O)[C@H](Cc1c[nH]c2ccccc12)NC(=O)[C@H](CCCN=C(N)N)NC(=O)[C@H](Cc1ccc(O)cc1)NC(=O)[C@@H](N)CC(N)=O)C(=O)N[C@@H](CC(N)=O)C(=O)N[C@@H](CCC(N)=O)C(=O)N[C@@H](CC(N)=O)C(N)=O. The summed E-state index contributed by atoms with van der Waals surface area (Å²) < 4.78 is 0. The molecule has 3 rings (SSSR count). The Balaban J connectivity index is 2.05. The number of guanidine groups is 2. The number of para-hydroxylation sites is 1. The second-order valence-electron chi connectivity index (χ2n) is 22.4. The van der Waals surface area contributed by atoms with Gasteiger partial charge in [-0.1, -0.05) is 30.3 Å². The Morgan fingerprint density at radius 2 is 0.845 bits per heavy atom. The molecule has 0 aliphatic carbocycles. The van der Waals surface area contributed by atoms with Gasteiger partial charge in [-0.15, -0.1) is 0 Å². The molecule has 2 aromatic carbocycles. The average Bonchev–Trinajstić information content (AvgIpc) is 1.78. The van der Waals surface area contributed by atoms with Crippen molar-refractivity contribution in [3.63, 3.8) is 0 Å². The zero-order valence-electron chi connectivity index (χ0n) is 53.1. The number of nitrogens with one attached hydrogen (secondary N) is 10. The molecule has 0 aliphatic rings. The van der Waals surface area contributed by atoms with E-state index in [0.717, 1.165) is 0 Å². The molecule has 1 aromatic heterocycles. The number of carbonyl (C=O) groups is 14. The Morgan fingerprint density at radius 1 is 0.443 bits per heavy atom. The van der Waals surface area contributed by atoms with E-state index in [1.165, 1.54) is 24.3 Å². The van der Waals surface area contributed by atoms with Crippen LogP contribution in [0.5, 0.6) is 5.75 Å². The number of aromatic nitrogens is 1. The molecule has 0 saturated carbocycles. The number of fused-ring (bicyclic) bond motifs is 1. The topological polar surface area (TPSA) is 694 Å². The first kappa shape index (κ1) is 80.4. The number of hydrogen-bond acceptors (Lipinski definition) is 20. The van der Waals surface area contributed by atoms with E-state index in [1.54, 1.807) is 30.5 Å². The second-order valence-corrected chi connectivity index (χ2v) is 22.7. The van der Waals surface area contributed by atoms with Gasteiger partial charge >= 0.3 is 0 Å². The normalized spacial score (nSPS) is 14.0. The number of nitrogens with zero attached hydrogens (tertiary/aromatic N) is 2. The summed E-state index contributed by atoms with van der Waals surface area (Å²) in [7, 11) is 0. The molecular formula is C58H89N23O15S. The lowest BCUT2D eigenvalue weighted by Crippen LogP contribution is -2.61. The summed E-state index contributed by atoms with van der Waals surface area (Å²) in [6, 6.07) is -3.55. The highest BCUT2D eigenvalue weighted by molar-refractivity contribution is 7.80. The number of hydrogen-bond donors (Lipinski definition) is 23. The minimum absolute atomic E-state index is 0.00977. The first-order valence-electron chi connectivity index (χ1n) is 30.5. The first-order valence-corrected chi connectivity index (χ1v) is 31.1. The van der Waals surface area contributed by atoms with Crippen LogP contribution in [0.25, 0.3) is 10.9 Å². The number of phenols is 1. The fourth-order valence-corrected chi connectivity index (χ4v) is 9.72. The average molecular weight is 1380 g/mol. The van der Waals surface area contributed by atoms with E-state index in [-0.39, 0.29) is 88.7 Å². The quantitative estimate of drug-likeness (QED) is 0.0108. The van der Waals surface area contributed by atoms with Gasteiger partial charge < -0.3 is 121 Å². The highest BCUT2D eigenvalue weighted by Crippen LogP contribution is 2.20. The molecule has 532 valence electrons. The number of primary amides is 5. The molecular weight excluding hydrogens is 1290 g/mol. The summed E-state index contributed by atoms with van der Waals surface area (Å²) >= 11 is 4.30. The number of rotatable bonds is 45. The predicted octanol–water partition coefficient (Wildman–Crippen LogP) is -9.11. The number of phenolic OH excluding ortho intramolecular Hbond substituents is 1. The van der Waals surface area contributed by atoms with Crippen LogP contribution in [0.15, 0.2) is 64.7 Å². The highest BCUT2D eigenvalue weighted by Gasteiger charge is 2.37. The third-order valence-corrected chi connectivity index (χ3v) is 14.8. The Hall–Kier alpha value is -10.8. The maximum atomic E-state index is 15.0. The molecule has 14 amide bonds. The Morgan fingerprint density at radius 3 is 1.32 bits per heavy atom. The third-order valence-electron chi connectivity index (χ3n) is 14.5. The van der Waals surface area contributed by atoms with Crippen molar-refractivity contribution in [3.8, 4) is 5.75 Å². The van der Waals surface area contributed by atoms with Gasteiger partial charge in [-0.05, 0) is 87.2 Å². The number of aromatic amines is 1. The van der Waals surface area contributed by atoms with Crippen LogP contribution >= 0.6 is 12.6 Å². The van der Waals surface area contributed by atoms with Crippen LogP contribution in [0.1, 0.15) is 88.2 Å². The second kappa shape index (κ2) is 41.1. The number of benzene rings is 2. The van der Waals surface area contributed by atoms with Crippen LogP contribution in [-0.2, 0) is 80.0 Å². The van der Waals surface area contributed by atoms with E-state index in [1.807, 2.05) is 0 Å². The zero-order chi connectivity index (χ0) is 72.5. The van der Waals surface area contributed by atoms with Crippen molar-refractivity contribution in [3.05, 3.63) is 65.9 Å². The molecule has 97 heavy (non-hydrogen) atoms. The summed E-state index contributed by atoms with van der Waals surface area (Å²) in [6.07, 6.45) is -2.29. The van der Waals surface area contributed by atoms with E-state index >= 15 is 0 Å². The molecule has 0 fully saturated rings. The number of nitrogens with two attached hydrogens (primary N) is 11. The van der Waals surface area contributed by atoms with Crippen molar-refractivity contribution >= 4 is 118 Å². The minimum Gasteiger partial charge on any atom is -0.508 e. The molecule has 39 heteroatoms. The van der Waals surface area contributed by atoms with E-state index in [9.17, 15) is 72.2 Å². The summed E-state index contributed by atoms with van der Waals surface area (Å²) in [5.74, 6) is -15.8. The lowest BCUT2D eigenvalue weighted by Gasteiger charge is -2.28. The van der Waals surface area contributed by atoms with Gasteiger partial charge in [-0.2, -0.15) is 12.6 Å². The van der Waals surface area contributed by atoms with Crippen LogP contribution in [0.2, 0.25) is 0 Å². The summed E-state index contributed by atoms with van der Waals surface area (Å²) in [4.78, 5) is 198. The lowest BCUT2D eigenvalue weighted by molar-refractivity contribution is -0.136. The molecule has 1 heterocycles. The molecule has 0 unspecified atom stereocenters. The lowest BCUT2D eigenvalue weighted by atomic mass is 10.0. The molecule has 0 bridgehead atoms. The van der Waals surface area contributed by atoms with Crippen LogP contribution in [-0.4, -0.2) is 191 Å². The maximum absolute atomic E-state index is 15.0. The van der Waals surface area contributed by atoms with Crippen molar-refractivity contribution in [2.75, 3.05) is 25.4 Å². The molecule has 38 nitrogen and oxygen atoms in total. The molecule has 3 aromatic rings. The van der Waals surface area contributed by atoms with Gasteiger partial charge in [0, 0.05) is 55.2 Å². The van der Waals surface area contributed by atoms with Gasteiger partial charge in [0.15, 0.2) is 11.9 Å². The predicted molar refractivity (Wildman–Crippen MR) is 355 cm³/mol. The van der Waals surface area contributed by atoms with Crippen molar-refractivity contribution in [1.29, 1.82) is 0 Å². The largest absolute Gasteiger partial charge is 0.508 e. The van der Waals surface area contributed by atoms with Crippen LogP contribution in [0, 0.1) is 0 Å². The summed E-state index contributed by atoms with van der Waals surface area (Å²) in [5.41, 5.74) is 62.0. The van der Waals surface area contributed by atoms with Crippen LogP contribution in [0.3, 0.4) is 0 Å². The maximum Gasteiger partial charge on any atom is 0.244 e. The van der Waals surface area contributed by atoms with E-state index < -0.39 is 181 Å². The van der Waals surface area contributed by atoms with E-state index in [4.69, 9.17) is 63.1 Å². The van der Waals surface area contributed by atoms with Crippen LogP contribution in [0.4, 0.5) is 0 Å². The van der Waals surface area contributed by atoms with E-state index in [2.05, 4.69) is 75.4 Å². The third kappa shape index (κ3) is 29.6. The van der Waals surface area contributed by atoms with Crippen molar-refractivity contribution in [1.82, 2.24) is 52.8 Å². The zero-order valence-corrected chi connectivity index (χ0v) is 53.9. The van der Waals surface area contributed by atoms with Crippen molar-refractivity contribution < 1.29 is 72.2 Å². The standard InChI is InChI=1S/C58H89N23O15S/c59-18-4-3-9-34(49(89)80-41(25-46(64)86)55(95)76-37(16-17-43(61)83)52(92)77-38(47(65)87)24-45(63)85)75-56(96)42(27-97)81-51(91)36(11-6-20-71-58(68)69)74-54(94)40(22-29-26-72-33-8-2-1-7-31(29)33)79-50(90)35(10-5-19-70-57(66)67)73-53(93)39(21-28-12-14-30(82)15-13-28)78-48(88)32(60)23-44(62)84/h1-2,7-8,12-15,26,32,34-42,72,82,97H,3-6,9-11,16-25,27,59-60H2,(H2,61,83)(H2,62,84)(H2,63,85)(H2,64,86)(H2,65,87)(H,73,93)(H,74,94)(H,75,96)(H,76,95)(H,77,92)(H,78,88)(H,79,90)(H,80,89)(H,81,91)(H4,66,67,70)(H4,68,69,71)/t32-,34-,35-,36-,37-,38-,39-,40-,41-,42-/m0/s1. The van der Waals surface area contributed by atoms with Gasteiger partial charge in [0.1, 0.15) is 60.1 Å². The summed E-state index contributed by atoms with van der Waals surface area (Å²) in [6.45, 7) is -0.00552. The number of carbonyl (C=O) groups excluding carboxylic acids is 14. The number of aromatic hydroxyl groups is 1. The molecule has 0 radical (unpaired) electrons. The van der Waals surface area contributed by atoms with E-state index in [0.29, 0.717) is 28.5 Å². The number of unbranched alkanes of at least 4 members (excludes halogenated alkanes) is 1. The van der Waals surface area contributed by atoms with Crippen molar-refractivity contribution in [2.45, 2.75) is 150 Å².